The van der Waals surface area contributed by atoms with Crippen molar-refractivity contribution < 1.29 is 4.79 Å². The average Bonchev–Trinajstić information content (AvgIpc) is 3.08. The molecule has 1 amide bonds. The van der Waals surface area contributed by atoms with Crippen molar-refractivity contribution in [1.82, 2.24) is 9.97 Å². The molecule has 0 saturated carbocycles. The lowest BCUT2D eigenvalue weighted by atomic mass is 10.3. The van der Waals surface area contributed by atoms with Crippen molar-refractivity contribution in [3.8, 4) is 0 Å². The van der Waals surface area contributed by atoms with E-state index in [1.807, 2.05) is 49.4 Å². The highest BCUT2D eigenvalue weighted by atomic mass is 32.1. The van der Waals surface area contributed by atoms with Crippen LogP contribution in [0, 0.1) is 6.92 Å². The van der Waals surface area contributed by atoms with Crippen LogP contribution < -0.4 is 5.32 Å². The lowest BCUT2D eigenvalue weighted by molar-refractivity contribution is 0.102. The molecule has 108 valence electrons. The molecule has 0 radical (unpaired) electrons. The molecule has 0 aliphatic heterocycles. The number of nitrogens with zero attached hydrogens (tertiary/aromatic N) is 2. The number of aromatic nitrogens is 2. The van der Waals surface area contributed by atoms with E-state index < -0.39 is 0 Å². The summed E-state index contributed by atoms with van der Waals surface area (Å²) in [5.74, 6) is -0.179. The number of carbonyl (C=O) groups excluding carboxylic acids is 1. The molecule has 0 saturated heterocycles. The van der Waals surface area contributed by atoms with Gasteiger partial charge in [0.25, 0.3) is 5.91 Å². The third kappa shape index (κ3) is 2.36. The number of thiazole rings is 2. The second-order valence-corrected chi connectivity index (χ2v) is 7.12. The zero-order valence-electron chi connectivity index (χ0n) is 11.7. The maximum Gasteiger partial charge on any atom is 0.284 e. The van der Waals surface area contributed by atoms with E-state index >= 15 is 0 Å². The topological polar surface area (TPSA) is 54.9 Å². The standard InChI is InChI=1S/C16H11N3OS2/c1-9-17-12-7-6-10(8-14(12)21-9)18-15(20)16-19-11-4-2-3-5-13(11)22-16/h2-8H,1H3,(H,18,20). The predicted octanol–water partition coefficient (Wildman–Crippen LogP) is 4.47. The van der Waals surface area contributed by atoms with Gasteiger partial charge in [0.2, 0.25) is 0 Å². The molecule has 6 heteroatoms. The second-order valence-electron chi connectivity index (χ2n) is 4.86. The molecule has 22 heavy (non-hydrogen) atoms. The monoisotopic (exact) mass is 325 g/mol. The highest BCUT2D eigenvalue weighted by Crippen LogP contribution is 2.26. The van der Waals surface area contributed by atoms with Gasteiger partial charge >= 0.3 is 0 Å². The molecule has 2 aromatic carbocycles. The summed E-state index contributed by atoms with van der Waals surface area (Å²) in [6.07, 6.45) is 0. The Bertz CT molecular complexity index is 970. The number of para-hydroxylation sites is 1. The summed E-state index contributed by atoms with van der Waals surface area (Å²) in [7, 11) is 0. The van der Waals surface area contributed by atoms with Gasteiger partial charge in [-0.3, -0.25) is 4.79 Å². The van der Waals surface area contributed by atoms with Crippen molar-refractivity contribution in [3.05, 3.63) is 52.5 Å². The Morgan fingerprint density at radius 1 is 1.00 bits per heavy atom. The van der Waals surface area contributed by atoms with Crippen molar-refractivity contribution in [2.45, 2.75) is 6.92 Å². The molecule has 0 fully saturated rings. The quantitative estimate of drug-likeness (QED) is 0.592. The Kier molecular flexibility index (Phi) is 3.13. The van der Waals surface area contributed by atoms with E-state index in [1.54, 1.807) is 11.3 Å². The lowest BCUT2D eigenvalue weighted by Crippen LogP contribution is -2.11. The maximum absolute atomic E-state index is 12.3. The fourth-order valence-electron chi connectivity index (χ4n) is 2.27. The smallest absolute Gasteiger partial charge is 0.284 e. The van der Waals surface area contributed by atoms with E-state index in [-0.39, 0.29) is 5.91 Å². The van der Waals surface area contributed by atoms with E-state index in [4.69, 9.17) is 0 Å². The van der Waals surface area contributed by atoms with E-state index in [0.29, 0.717) is 5.01 Å². The van der Waals surface area contributed by atoms with Gasteiger partial charge in [-0.2, -0.15) is 0 Å². The molecule has 0 unspecified atom stereocenters. The van der Waals surface area contributed by atoms with Crippen LogP contribution in [-0.2, 0) is 0 Å². The summed E-state index contributed by atoms with van der Waals surface area (Å²) in [5.41, 5.74) is 2.58. The Morgan fingerprint density at radius 2 is 1.82 bits per heavy atom. The van der Waals surface area contributed by atoms with Gasteiger partial charge in [-0.05, 0) is 37.3 Å². The van der Waals surface area contributed by atoms with Crippen molar-refractivity contribution in [1.29, 1.82) is 0 Å². The van der Waals surface area contributed by atoms with E-state index in [1.165, 1.54) is 11.3 Å². The Morgan fingerprint density at radius 3 is 2.68 bits per heavy atom. The van der Waals surface area contributed by atoms with Gasteiger partial charge in [0.1, 0.15) is 0 Å². The number of hydrogen-bond acceptors (Lipinski definition) is 5. The first-order chi connectivity index (χ1) is 10.7. The highest BCUT2D eigenvalue weighted by Gasteiger charge is 2.12. The number of benzene rings is 2. The number of rotatable bonds is 2. The molecular weight excluding hydrogens is 314 g/mol. The zero-order valence-corrected chi connectivity index (χ0v) is 13.3. The second kappa shape index (κ2) is 5.15. The fraction of sp³-hybridized carbons (Fsp3) is 0.0625. The van der Waals surface area contributed by atoms with Gasteiger partial charge in [-0.1, -0.05) is 12.1 Å². The van der Waals surface area contributed by atoms with Gasteiger partial charge in [-0.15, -0.1) is 22.7 Å². The summed E-state index contributed by atoms with van der Waals surface area (Å²) >= 11 is 3.02. The summed E-state index contributed by atoms with van der Waals surface area (Å²) < 4.78 is 2.08. The van der Waals surface area contributed by atoms with Crippen molar-refractivity contribution >= 4 is 54.7 Å². The molecule has 0 aliphatic carbocycles. The SMILES string of the molecule is Cc1nc2ccc(NC(=O)c3nc4ccccc4s3)cc2s1. The largest absolute Gasteiger partial charge is 0.320 e. The van der Waals surface area contributed by atoms with Gasteiger partial charge < -0.3 is 5.32 Å². The highest BCUT2D eigenvalue weighted by molar-refractivity contribution is 7.20. The van der Waals surface area contributed by atoms with Crippen molar-refractivity contribution in [3.63, 3.8) is 0 Å². The first-order valence-corrected chi connectivity index (χ1v) is 8.36. The number of fused-ring (bicyclic) bond motifs is 2. The molecule has 2 aromatic heterocycles. The van der Waals surface area contributed by atoms with Crippen LogP contribution in [0.1, 0.15) is 14.8 Å². The Hall–Kier alpha value is -2.31. The first kappa shape index (κ1) is 13.4. The van der Waals surface area contributed by atoms with Crippen LogP contribution in [0.15, 0.2) is 42.5 Å². The molecule has 4 rings (SSSR count). The maximum atomic E-state index is 12.3. The molecule has 0 bridgehead atoms. The average molecular weight is 325 g/mol. The van der Waals surface area contributed by atoms with Crippen LogP contribution >= 0.6 is 22.7 Å². The molecule has 2 heterocycles. The summed E-state index contributed by atoms with van der Waals surface area (Å²) in [4.78, 5) is 21.1. The third-order valence-electron chi connectivity index (χ3n) is 3.24. The summed E-state index contributed by atoms with van der Waals surface area (Å²) in [6.45, 7) is 1.98. The fourth-order valence-corrected chi connectivity index (χ4v) is 4.00. The molecule has 4 aromatic rings. The minimum Gasteiger partial charge on any atom is -0.320 e. The van der Waals surface area contributed by atoms with E-state index in [2.05, 4.69) is 15.3 Å². The third-order valence-corrected chi connectivity index (χ3v) is 5.21. The van der Waals surface area contributed by atoms with Crippen molar-refractivity contribution in [2.75, 3.05) is 5.32 Å². The number of aryl methyl sites for hydroxylation is 1. The van der Waals surface area contributed by atoms with Crippen molar-refractivity contribution in [2.24, 2.45) is 0 Å². The summed E-state index contributed by atoms with van der Waals surface area (Å²) in [6, 6.07) is 13.5. The number of nitrogens with one attached hydrogen (secondary N) is 1. The number of anilines is 1. The minimum atomic E-state index is -0.179. The van der Waals surface area contributed by atoms with Crippen LogP contribution in [0.4, 0.5) is 5.69 Å². The normalized spacial score (nSPS) is 11.1. The molecular formula is C16H11N3OS2. The molecule has 4 nitrogen and oxygen atoms in total. The first-order valence-electron chi connectivity index (χ1n) is 6.73. The minimum absolute atomic E-state index is 0.179. The van der Waals surface area contributed by atoms with Crippen LogP contribution in [0.25, 0.3) is 20.4 Å². The van der Waals surface area contributed by atoms with E-state index in [0.717, 1.165) is 31.1 Å². The van der Waals surface area contributed by atoms with Gasteiger partial charge in [-0.25, -0.2) is 9.97 Å². The van der Waals surface area contributed by atoms with Gasteiger partial charge in [0.05, 0.1) is 25.4 Å². The molecule has 0 spiro atoms. The molecule has 1 N–H and O–H groups in total. The van der Waals surface area contributed by atoms with E-state index in [9.17, 15) is 4.79 Å². The van der Waals surface area contributed by atoms with Crippen LogP contribution in [0.2, 0.25) is 0 Å². The van der Waals surface area contributed by atoms with Crippen LogP contribution in [0.3, 0.4) is 0 Å². The summed E-state index contributed by atoms with van der Waals surface area (Å²) in [5, 5.41) is 4.40. The van der Waals surface area contributed by atoms with Gasteiger partial charge in [0.15, 0.2) is 5.01 Å². The Labute approximate surface area is 134 Å². The van der Waals surface area contributed by atoms with Crippen LogP contribution in [-0.4, -0.2) is 15.9 Å². The Balaban J connectivity index is 1.64. The lowest BCUT2D eigenvalue weighted by Gasteiger charge is -2.02. The number of amides is 1. The zero-order chi connectivity index (χ0) is 15.1. The number of carbonyl (C=O) groups is 1. The van der Waals surface area contributed by atoms with Crippen LogP contribution in [0.5, 0.6) is 0 Å². The molecule has 0 aliphatic rings. The molecule has 0 atom stereocenters. The predicted molar refractivity (Wildman–Crippen MR) is 91.9 cm³/mol. The number of hydrogen-bond donors (Lipinski definition) is 1. The van der Waals surface area contributed by atoms with Gasteiger partial charge in [0, 0.05) is 5.69 Å².